The van der Waals surface area contributed by atoms with E-state index in [-0.39, 0.29) is 5.56 Å². The van der Waals surface area contributed by atoms with Crippen molar-refractivity contribution in [3.8, 4) is 0 Å². The molecule has 0 aliphatic carbocycles. The average molecular weight is 319 g/mol. The minimum atomic E-state index is -3.29. The van der Waals surface area contributed by atoms with Crippen LogP contribution in [0.15, 0.2) is 48.5 Å². The van der Waals surface area contributed by atoms with Gasteiger partial charge in [-0.25, -0.2) is 13.2 Å². The lowest BCUT2D eigenvalue weighted by atomic mass is 10.0. The first kappa shape index (κ1) is 16.0. The second-order valence-electron chi connectivity index (χ2n) is 5.08. The fourth-order valence-electron chi connectivity index (χ4n) is 2.15. The summed E-state index contributed by atoms with van der Waals surface area (Å²) >= 11 is 0. The second-order valence-corrected chi connectivity index (χ2v) is 6.83. The second kappa shape index (κ2) is 6.62. The van der Waals surface area contributed by atoms with Gasteiger partial charge in [0.1, 0.15) is 0 Å². The minimum Gasteiger partial charge on any atom is -0.478 e. The summed E-state index contributed by atoms with van der Waals surface area (Å²) in [6, 6.07) is 14.0. The molecule has 0 bridgehead atoms. The SMILES string of the molecule is CS(=O)(=O)Nc1cccc(CCc2cccc(C(=O)O)c2)c1. The van der Waals surface area contributed by atoms with Crippen molar-refractivity contribution in [2.75, 3.05) is 11.0 Å². The average Bonchev–Trinajstić information content (AvgIpc) is 2.44. The molecular formula is C16H17NO4S. The van der Waals surface area contributed by atoms with E-state index < -0.39 is 16.0 Å². The summed E-state index contributed by atoms with van der Waals surface area (Å²) in [5.41, 5.74) is 2.71. The molecule has 0 heterocycles. The molecule has 2 aromatic rings. The van der Waals surface area contributed by atoms with Gasteiger partial charge in [-0.2, -0.15) is 0 Å². The van der Waals surface area contributed by atoms with Gasteiger partial charge in [-0.1, -0.05) is 24.3 Å². The highest BCUT2D eigenvalue weighted by Crippen LogP contribution is 2.15. The van der Waals surface area contributed by atoms with Crippen LogP contribution in [0.3, 0.4) is 0 Å². The Hall–Kier alpha value is -2.34. The molecule has 0 amide bonds. The summed E-state index contributed by atoms with van der Waals surface area (Å²) in [7, 11) is -3.29. The Morgan fingerprint density at radius 2 is 1.64 bits per heavy atom. The van der Waals surface area contributed by atoms with Crippen molar-refractivity contribution in [2.45, 2.75) is 12.8 Å². The Bertz CT molecular complexity index is 784. The van der Waals surface area contributed by atoms with Crippen molar-refractivity contribution in [3.63, 3.8) is 0 Å². The zero-order valence-corrected chi connectivity index (χ0v) is 12.9. The highest BCUT2D eigenvalue weighted by molar-refractivity contribution is 7.92. The van der Waals surface area contributed by atoms with Crippen molar-refractivity contribution < 1.29 is 18.3 Å². The van der Waals surface area contributed by atoms with Crippen LogP contribution < -0.4 is 4.72 Å². The lowest BCUT2D eigenvalue weighted by Crippen LogP contribution is -2.09. The van der Waals surface area contributed by atoms with E-state index >= 15 is 0 Å². The van der Waals surface area contributed by atoms with Gasteiger partial charge in [-0.15, -0.1) is 0 Å². The van der Waals surface area contributed by atoms with Crippen molar-refractivity contribution >= 4 is 21.7 Å². The molecule has 5 nitrogen and oxygen atoms in total. The number of carboxylic acid groups (broad SMARTS) is 1. The topological polar surface area (TPSA) is 83.5 Å². The third-order valence-electron chi connectivity index (χ3n) is 3.11. The molecule has 0 spiro atoms. The molecule has 0 aliphatic rings. The summed E-state index contributed by atoms with van der Waals surface area (Å²) < 4.78 is 24.9. The standard InChI is InChI=1S/C16H17NO4S/c1-22(20,21)17-15-7-3-5-13(11-15)9-8-12-4-2-6-14(10-12)16(18)19/h2-7,10-11,17H,8-9H2,1H3,(H,18,19). The van der Waals surface area contributed by atoms with Crippen molar-refractivity contribution in [2.24, 2.45) is 0 Å². The molecule has 22 heavy (non-hydrogen) atoms. The number of hydrogen-bond donors (Lipinski definition) is 2. The van der Waals surface area contributed by atoms with E-state index in [1.165, 1.54) is 0 Å². The first-order chi connectivity index (χ1) is 10.3. The number of nitrogens with one attached hydrogen (secondary N) is 1. The third kappa shape index (κ3) is 4.89. The molecule has 0 saturated carbocycles. The van der Waals surface area contributed by atoms with Crippen molar-refractivity contribution in [3.05, 3.63) is 65.2 Å². The Balaban J connectivity index is 2.07. The van der Waals surface area contributed by atoms with Crippen LogP contribution in [-0.4, -0.2) is 25.7 Å². The normalized spacial score (nSPS) is 11.1. The van der Waals surface area contributed by atoms with E-state index in [2.05, 4.69) is 4.72 Å². The van der Waals surface area contributed by atoms with Crippen LogP contribution in [0, 0.1) is 0 Å². The van der Waals surface area contributed by atoms with E-state index in [1.807, 2.05) is 12.1 Å². The van der Waals surface area contributed by atoms with Crippen LogP contribution in [0.25, 0.3) is 0 Å². The molecule has 0 saturated heterocycles. The van der Waals surface area contributed by atoms with Gasteiger partial charge in [0.05, 0.1) is 11.8 Å². The largest absolute Gasteiger partial charge is 0.478 e. The molecular weight excluding hydrogens is 302 g/mol. The molecule has 0 radical (unpaired) electrons. The zero-order chi connectivity index (χ0) is 16.2. The van der Waals surface area contributed by atoms with Crippen LogP contribution in [0.4, 0.5) is 5.69 Å². The predicted octanol–water partition coefficient (Wildman–Crippen LogP) is 2.54. The molecule has 2 aromatic carbocycles. The maximum atomic E-state index is 11.2. The quantitative estimate of drug-likeness (QED) is 0.857. The maximum absolute atomic E-state index is 11.2. The molecule has 116 valence electrons. The van der Waals surface area contributed by atoms with E-state index in [0.717, 1.165) is 17.4 Å². The van der Waals surface area contributed by atoms with E-state index in [0.29, 0.717) is 18.5 Å². The fraction of sp³-hybridized carbons (Fsp3) is 0.188. The van der Waals surface area contributed by atoms with Crippen LogP contribution in [0.1, 0.15) is 21.5 Å². The number of anilines is 1. The maximum Gasteiger partial charge on any atom is 0.335 e. The van der Waals surface area contributed by atoms with Crippen LogP contribution in [0.5, 0.6) is 0 Å². The molecule has 2 N–H and O–H groups in total. The van der Waals surface area contributed by atoms with E-state index in [1.54, 1.807) is 36.4 Å². The van der Waals surface area contributed by atoms with Gasteiger partial charge >= 0.3 is 5.97 Å². The van der Waals surface area contributed by atoms with Gasteiger partial charge in [0.2, 0.25) is 10.0 Å². The number of carbonyl (C=O) groups is 1. The van der Waals surface area contributed by atoms with Gasteiger partial charge in [0.25, 0.3) is 0 Å². The lowest BCUT2D eigenvalue weighted by molar-refractivity contribution is 0.0696. The number of benzene rings is 2. The van der Waals surface area contributed by atoms with E-state index in [4.69, 9.17) is 5.11 Å². The predicted molar refractivity (Wildman–Crippen MR) is 85.7 cm³/mol. The van der Waals surface area contributed by atoms with Gasteiger partial charge in [0, 0.05) is 5.69 Å². The van der Waals surface area contributed by atoms with Crippen molar-refractivity contribution in [1.29, 1.82) is 0 Å². The molecule has 6 heteroatoms. The number of rotatable bonds is 6. The first-order valence-corrected chi connectivity index (χ1v) is 8.61. The van der Waals surface area contributed by atoms with Crippen LogP contribution in [-0.2, 0) is 22.9 Å². The van der Waals surface area contributed by atoms with Crippen LogP contribution in [0.2, 0.25) is 0 Å². The van der Waals surface area contributed by atoms with Gasteiger partial charge in [-0.05, 0) is 48.2 Å². The number of sulfonamides is 1. The smallest absolute Gasteiger partial charge is 0.335 e. The monoisotopic (exact) mass is 319 g/mol. The highest BCUT2D eigenvalue weighted by Gasteiger charge is 2.05. The molecule has 0 unspecified atom stereocenters. The van der Waals surface area contributed by atoms with Gasteiger partial charge in [-0.3, -0.25) is 4.72 Å². The number of aryl methyl sites for hydroxylation is 2. The Labute approximate surface area is 129 Å². The van der Waals surface area contributed by atoms with Gasteiger partial charge in [0.15, 0.2) is 0 Å². The fourth-order valence-corrected chi connectivity index (χ4v) is 2.71. The number of carboxylic acids is 1. The van der Waals surface area contributed by atoms with E-state index in [9.17, 15) is 13.2 Å². The summed E-state index contributed by atoms with van der Waals surface area (Å²) in [6.45, 7) is 0. The summed E-state index contributed by atoms with van der Waals surface area (Å²) in [5.74, 6) is -0.943. The zero-order valence-electron chi connectivity index (χ0n) is 12.1. The van der Waals surface area contributed by atoms with Gasteiger partial charge < -0.3 is 5.11 Å². The lowest BCUT2D eigenvalue weighted by Gasteiger charge is -2.07. The molecule has 2 rings (SSSR count). The first-order valence-electron chi connectivity index (χ1n) is 6.72. The third-order valence-corrected chi connectivity index (χ3v) is 3.71. The molecule has 0 aliphatic heterocycles. The number of hydrogen-bond acceptors (Lipinski definition) is 3. The summed E-state index contributed by atoms with van der Waals surface area (Å²) in [5, 5.41) is 8.97. The highest BCUT2D eigenvalue weighted by atomic mass is 32.2. The molecule has 0 aromatic heterocycles. The molecule has 0 atom stereocenters. The number of aromatic carboxylic acids is 1. The Morgan fingerprint density at radius 1 is 1.05 bits per heavy atom. The molecule has 0 fully saturated rings. The Morgan fingerprint density at radius 3 is 2.23 bits per heavy atom. The van der Waals surface area contributed by atoms with Crippen molar-refractivity contribution in [1.82, 2.24) is 0 Å². The Kier molecular flexibility index (Phi) is 4.82. The summed E-state index contributed by atoms with van der Waals surface area (Å²) in [6.07, 6.45) is 2.49. The van der Waals surface area contributed by atoms with Crippen LogP contribution >= 0.6 is 0 Å². The summed E-state index contributed by atoms with van der Waals surface area (Å²) in [4.78, 5) is 10.9. The minimum absolute atomic E-state index is 0.269.